The molecule has 1 heterocycles. The van der Waals surface area contributed by atoms with Crippen LogP contribution in [-0.2, 0) is 9.31 Å². The molecular weight excluding hydrogens is 313 g/mol. The Hall–Kier alpha value is -2.29. The summed E-state index contributed by atoms with van der Waals surface area (Å²) in [6, 6.07) is 13.0. The minimum Gasteiger partial charge on any atom is -0.457 e. The van der Waals surface area contributed by atoms with Crippen molar-refractivity contribution in [1.29, 1.82) is 0 Å². The average Bonchev–Trinajstić information content (AvgIpc) is 2.76. The second-order valence-electron chi connectivity index (χ2n) is 7.31. The van der Waals surface area contributed by atoms with E-state index in [0.717, 1.165) is 16.8 Å². The first-order valence-electron chi connectivity index (χ1n) is 8.33. The van der Waals surface area contributed by atoms with Crippen molar-refractivity contribution in [3.63, 3.8) is 0 Å². The van der Waals surface area contributed by atoms with Crippen LogP contribution in [0, 0.1) is 13.5 Å². The zero-order chi connectivity index (χ0) is 18.2. The summed E-state index contributed by atoms with van der Waals surface area (Å²) >= 11 is 0. The maximum absolute atomic E-state index is 6.99. The van der Waals surface area contributed by atoms with Crippen LogP contribution in [0.2, 0.25) is 0 Å². The first-order chi connectivity index (χ1) is 11.7. The molecule has 0 saturated carbocycles. The highest BCUT2D eigenvalue weighted by atomic mass is 16.7. The second-order valence-corrected chi connectivity index (χ2v) is 7.31. The summed E-state index contributed by atoms with van der Waals surface area (Å²) in [5.41, 5.74) is 1.94. The summed E-state index contributed by atoms with van der Waals surface area (Å²) in [6.45, 7) is 17.2. The Morgan fingerprint density at radius 3 is 2.00 bits per heavy atom. The number of benzene rings is 2. The molecular formula is C20H22BNO3. The van der Waals surface area contributed by atoms with Gasteiger partial charge in [-0.3, -0.25) is 0 Å². The molecule has 0 atom stereocenters. The molecule has 128 valence electrons. The van der Waals surface area contributed by atoms with Crippen LogP contribution in [0.15, 0.2) is 42.5 Å². The Balaban J connectivity index is 1.78. The molecule has 0 bridgehead atoms. The van der Waals surface area contributed by atoms with Gasteiger partial charge in [0.05, 0.1) is 17.8 Å². The fourth-order valence-corrected chi connectivity index (χ4v) is 2.67. The quantitative estimate of drug-likeness (QED) is 0.605. The van der Waals surface area contributed by atoms with Gasteiger partial charge < -0.3 is 14.0 Å². The van der Waals surface area contributed by atoms with Crippen molar-refractivity contribution in [3.05, 3.63) is 59.4 Å². The molecule has 4 nitrogen and oxygen atoms in total. The molecule has 0 radical (unpaired) electrons. The minimum absolute atomic E-state index is 0.357. The Morgan fingerprint density at radius 1 is 0.920 bits per heavy atom. The number of ether oxygens (including phenoxy) is 1. The molecule has 5 heteroatoms. The van der Waals surface area contributed by atoms with E-state index in [-0.39, 0.29) is 18.3 Å². The van der Waals surface area contributed by atoms with Gasteiger partial charge in [0.25, 0.3) is 0 Å². The van der Waals surface area contributed by atoms with Crippen molar-refractivity contribution in [2.75, 3.05) is 0 Å². The van der Waals surface area contributed by atoms with Crippen molar-refractivity contribution < 1.29 is 14.0 Å². The zero-order valence-corrected chi connectivity index (χ0v) is 15.3. The smallest absolute Gasteiger partial charge is 0.457 e. The van der Waals surface area contributed by atoms with E-state index in [4.69, 9.17) is 20.6 Å². The SMILES string of the molecule is [C-]#[N+]c1ccc(Oc2ccc(B3OC(C)(C)C(C)(C)O3)c(C)c2)cc1. The highest BCUT2D eigenvalue weighted by Crippen LogP contribution is 2.37. The predicted octanol–water partition coefficient (Wildman–Crippen LogP) is 4.64. The molecule has 1 aliphatic heterocycles. The molecule has 0 amide bonds. The zero-order valence-electron chi connectivity index (χ0n) is 15.3. The lowest BCUT2D eigenvalue weighted by atomic mass is 9.76. The fraction of sp³-hybridized carbons (Fsp3) is 0.350. The number of hydrogen-bond donors (Lipinski definition) is 0. The van der Waals surface area contributed by atoms with E-state index >= 15 is 0 Å². The summed E-state index contributed by atoms with van der Waals surface area (Å²) in [5, 5.41) is 0. The van der Waals surface area contributed by atoms with Crippen LogP contribution in [0.5, 0.6) is 11.5 Å². The van der Waals surface area contributed by atoms with E-state index in [9.17, 15) is 0 Å². The minimum atomic E-state index is -0.378. The lowest BCUT2D eigenvalue weighted by molar-refractivity contribution is 0.00578. The molecule has 1 aliphatic rings. The second kappa shape index (κ2) is 6.22. The number of hydrogen-bond acceptors (Lipinski definition) is 3. The Kier molecular flexibility index (Phi) is 4.36. The first-order valence-corrected chi connectivity index (χ1v) is 8.33. The van der Waals surface area contributed by atoms with Crippen LogP contribution >= 0.6 is 0 Å². The van der Waals surface area contributed by atoms with Crippen molar-refractivity contribution in [3.8, 4) is 11.5 Å². The van der Waals surface area contributed by atoms with E-state index in [0.29, 0.717) is 11.4 Å². The average molecular weight is 335 g/mol. The number of nitrogens with zero attached hydrogens (tertiary/aromatic N) is 1. The third kappa shape index (κ3) is 3.41. The molecule has 0 spiro atoms. The van der Waals surface area contributed by atoms with Gasteiger partial charge in [0.2, 0.25) is 0 Å². The molecule has 1 saturated heterocycles. The van der Waals surface area contributed by atoms with Crippen LogP contribution in [0.3, 0.4) is 0 Å². The maximum Gasteiger partial charge on any atom is 0.495 e. The first kappa shape index (κ1) is 17.5. The van der Waals surface area contributed by atoms with Crippen LogP contribution in [-0.4, -0.2) is 18.3 Å². The summed E-state index contributed by atoms with van der Waals surface area (Å²) < 4.78 is 18.1. The van der Waals surface area contributed by atoms with Gasteiger partial charge in [0.15, 0.2) is 5.69 Å². The van der Waals surface area contributed by atoms with E-state index in [1.165, 1.54) is 0 Å². The molecule has 3 rings (SSSR count). The van der Waals surface area contributed by atoms with E-state index in [1.54, 1.807) is 24.3 Å². The highest BCUT2D eigenvalue weighted by molar-refractivity contribution is 6.62. The maximum atomic E-state index is 6.99. The van der Waals surface area contributed by atoms with Gasteiger partial charge in [-0.15, -0.1) is 0 Å². The van der Waals surface area contributed by atoms with Gasteiger partial charge in [-0.05, 0) is 69.9 Å². The molecule has 0 unspecified atom stereocenters. The summed E-state index contributed by atoms with van der Waals surface area (Å²) in [7, 11) is -0.378. The van der Waals surface area contributed by atoms with Crippen molar-refractivity contribution in [2.24, 2.45) is 0 Å². The molecule has 0 aliphatic carbocycles. The van der Waals surface area contributed by atoms with Crippen LogP contribution in [0.25, 0.3) is 4.85 Å². The number of rotatable bonds is 3. The molecule has 0 N–H and O–H groups in total. The predicted molar refractivity (Wildman–Crippen MR) is 99.7 cm³/mol. The number of aryl methyl sites for hydroxylation is 1. The van der Waals surface area contributed by atoms with E-state index in [1.807, 2.05) is 52.8 Å². The summed E-state index contributed by atoms with van der Waals surface area (Å²) in [5.74, 6) is 1.45. The van der Waals surface area contributed by atoms with Crippen LogP contribution in [0.4, 0.5) is 5.69 Å². The van der Waals surface area contributed by atoms with Crippen molar-refractivity contribution in [1.82, 2.24) is 0 Å². The van der Waals surface area contributed by atoms with Crippen molar-refractivity contribution >= 4 is 18.3 Å². The van der Waals surface area contributed by atoms with Gasteiger partial charge in [-0.2, -0.15) is 0 Å². The Morgan fingerprint density at radius 2 is 1.48 bits per heavy atom. The van der Waals surface area contributed by atoms with Crippen LogP contribution in [0.1, 0.15) is 33.3 Å². The topological polar surface area (TPSA) is 32.0 Å². The standard InChI is InChI=1S/C20H22BNO3/c1-14-13-17(23-16-9-7-15(22-6)8-10-16)11-12-18(14)21-24-19(2,3)20(4,5)25-21/h7-13H,1-5H3. The van der Waals surface area contributed by atoms with E-state index < -0.39 is 0 Å². The highest BCUT2D eigenvalue weighted by Gasteiger charge is 2.52. The van der Waals surface area contributed by atoms with Gasteiger partial charge in [-0.25, -0.2) is 4.85 Å². The van der Waals surface area contributed by atoms with E-state index in [2.05, 4.69) is 4.85 Å². The molecule has 25 heavy (non-hydrogen) atoms. The monoisotopic (exact) mass is 335 g/mol. The van der Waals surface area contributed by atoms with Gasteiger partial charge in [-0.1, -0.05) is 18.2 Å². The molecule has 2 aromatic rings. The largest absolute Gasteiger partial charge is 0.495 e. The molecule has 2 aromatic carbocycles. The third-order valence-electron chi connectivity index (χ3n) is 4.95. The third-order valence-corrected chi connectivity index (χ3v) is 4.95. The Bertz CT molecular complexity index is 806. The van der Waals surface area contributed by atoms with Crippen molar-refractivity contribution in [2.45, 2.75) is 45.8 Å². The van der Waals surface area contributed by atoms with Gasteiger partial charge in [0, 0.05) is 0 Å². The fourth-order valence-electron chi connectivity index (χ4n) is 2.67. The molecule has 1 fully saturated rings. The van der Waals surface area contributed by atoms with Crippen LogP contribution < -0.4 is 10.2 Å². The summed E-state index contributed by atoms with van der Waals surface area (Å²) in [6.07, 6.45) is 0. The lowest BCUT2D eigenvalue weighted by Crippen LogP contribution is -2.41. The van der Waals surface area contributed by atoms with Gasteiger partial charge in [0.1, 0.15) is 11.5 Å². The Labute approximate surface area is 149 Å². The lowest BCUT2D eigenvalue weighted by Gasteiger charge is -2.32. The normalized spacial score (nSPS) is 18.0. The van der Waals surface area contributed by atoms with Gasteiger partial charge >= 0.3 is 7.12 Å². The molecule has 0 aromatic heterocycles. The summed E-state index contributed by atoms with van der Waals surface area (Å²) in [4.78, 5) is 3.38.